The molecule has 2 N–H and O–H groups in total. The smallest absolute Gasteiger partial charge is 0.411 e. The van der Waals surface area contributed by atoms with E-state index in [1.54, 1.807) is 24.3 Å². The van der Waals surface area contributed by atoms with Gasteiger partial charge in [0.2, 0.25) is 5.91 Å². The van der Waals surface area contributed by atoms with E-state index in [1.165, 1.54) is 7.11 Å². The van der Waals surface area contributed by atoms with Gasteiger partial charge in [0.25, 0.3) is 0 Å². The fourth-order valence-electron chi connectivity index (χ4n) is 2.38. The van der Waals surface area contributed by atoms with Gasteiger partial charge >= 0.3 is 6.09 Å². The number of hydrogen-bond acceptors (Lipinski definition) is 4. The zero-order valence-electron chi connectivity index (χ0n) is 14.7. The van der Waals surface area contributed by atoms with Gasteiger partial charge in [-0.15, -0.1) is 0 Å². The summed E-state index contributed by atoms with van der Waals surface area (Å²) < 4.78 is 4.54. The summed E-state index contributed by atoms with van der Waals surface area (Å²) in [6.07, 6.45) is 0.0917. The molecule has 6 heteroatoms. The van der Waals surface area contributed by atoms with E-state index in [0.29, 0.717) is 17.8 Å². The third-order valence-corrected chi connectivity index (χ3v) is 3.78. The predicted molar refractivity (Wildman–Crippen MR) is 98.7 cm³/mol. The molecule has 2 aromatic carbocycles. The zero-order chi connectivity index (χ0) is 18.2. The van der Waals surface area contributed by atoms with Crippen molar-refractivity contribution in [2.75, 3.05) is 31.8 Å². The molecule has 0 aliphatic rings. The Balaban J connectivity index is 2.01. The number of benzene rings is 2. The van der Waals surface area contributed by atoms with E-state index in [1.807, 2.05) is 49.3 Å². The van der Waals surface area contributed by atoms with E-state index in [-0.39, 0.29) is 11.9 Å². The number of rotatable bonds is 6. The van der Waals surface area contributed by atoms with Crippen molar-refractivity contribution in [1.82, 2.24) is 4.90 Å². The molecule has 1 atom stereocenters. The minimum Gasteiger partial charge on any atom is -0.453 e. The Hall–Kier alpha value is -2.86. The van der Waals surface area contributed by atoms with Gasteiger partial charge in [0, 0.05) is 11.4 Å². The van der Waals surface area contributed by atoms with Crippen LogP contribution in [-0.4, -0.2) is 44.1 Å². The van der Waals surface area contributed by atoms with Crippen molar-refractivity contribution < 1.29 is 14.3 Å². The van der Waals surface area contributed by atoms with Crippen LogP contribution in [0.5, 0.6) is 0 Å². The number of nitrogens with one attached hydrogen (secondary N) is 2. The van der Waals surface area contributed by atoms with Crippen LogP contribution in [0, 0.1) is 0 Å². The van der Waals surface area contributed by atoms with Gasteiger partial charge in [0.15, 0.2) is 0 Å². The Morgan fingerprint density at radius 2 is 1.52 bits per heavy atom. The first-order chi connectivity index (χ1) is 12.0. The third-order valence-electron chi connectivity index (χ3n) is 3.78. The van der Waals surface area contributed by atoms with Crippen molar-refractivity contribution in [2.24, 2.45) is 0 Å². The van der Waals surface area contributed by atoms with E-state index >= 15 is 0 Å². The van der Waals surface area contributed by atoms with Gasteiger partial charge in [0.05, 0.1) is 13.2 Å². The van der Waals surface area contributed by atoms with Gasteiger partial charge in [-0.3, -0.25) is 15.0 Å². The predicted octanol–water partition coefficient (Wildman–Crippen LogP) is 2.98. The van der Waals surface area contributed by atoms with Gasteiger partial charge in [-0.2, -0.15) is 0 Å². The number of hydrogen-bond donors (Lipinski definition) is 2. The first-order valence-corrected chi connectivity index (χ1v) is 7.96. The zero-order valence-corrected chi connectivity index (χ0v) is 14.7. The lowest BCUT2D eigenvalue weighted by Crippen LogP contribution is -2.41. The number of carbonyl (C=O) groups is 2. The maximum atomic E-state index is 12.6. The monoisotopic (exact) mass is 341 g/mol. The van der Waals surface area contributed by atoms with Crippen molar-refractivity contribution in [2.45, 2.75) is 12.5 Å². The molecule has 1 unspecified atom stereocenters. The summed E-state index contributed by atoms with van der Waals surface area (Å²) in [6.45, 7) is 0. The highest BCUT2D eigenvalue weighted by molar-refractivity contribution is 5.95. The van der Waals surface area contributed by atoms with Crippen LogP contribution >= 0.6 is 0 Å². The molecule has 0 fully saturated rings. The van der Waals surface area contributed by atoms with Gasteiger partial charge in [0.1, 0.15) is 0 Å². The van der Waals surface area contributed by atoms with Crippen molar-refractivity contribution in [3.8, 4) is 0 Å². The molecule has 0 bridgehead atoms. The molecule has 132 valence electrons. The fraction of sp³-hybridized carbons (Fsp3) is 0.263. The van der Waals surface area contributed by atoms with Gasteiger partial charge in [-0.05, 0) is 50.3 Å². The van der Waals surface area contributed by atoms with E-state index in [2.05, 4.69) is 15.4 Å². The maximum Gasteiger partial charge on any atom is 0.411 e. The Morgan fingerprint density at radius 3 is 2.04 bits per heavy atom. The van der Waals surface area contributed by atoms with E-state index < -0.39 is 6.09 Å². The molecule has 0 radical (unpaired) electrons. The number of methoxy groups -OCH3 is 1. The lowest BCUT2D eigenvalue weighted by atomic mass is 10.0. The number of likely N-dealkylation sites (N-methyl/N-ethyl adjacent to an activating group) is 1. The first-order valence-electron chi connectivity index (χ1n) is 7.96. The quantitative estimate of drug-likeness (QED) is 0.847. The molecule has 2 aromatic rings. The summed E-state index contributed by atoms with van der Waals surface area (Å²) in [6, 6.07) is 16.5. The highest BCUT2D eigenvalue weighted by Crippen LogP contribution is 2.15. The highest BCUT2D eigenvalue weighted by Gasteiger charge is 2.21. The average Bonchev–Trinajstić information content (AvgIpc) is 2.61. The highest BCUT2D eigenvalue weighted by atomic mass is 16.5. The summed E-state index contributed by atoms with van der Waals surface area (Å²) in [5, 5.41) is 5.48. The molecule has 0 saturated carbocycles. The van der Waals surface area contributed by atoms with Gasteiger partial charge < -0.3 is 10.1 Å². The van der Waals surface area contributed by atoms with E-state index in [0.717, 1.165) is 5.56 Å². The standard InChI is InChI=1S/C19H23N3O3/c1-22(2)17(13-14-7-5-4-6-8-14)18(23)20-15-9-11-16(12-10-15)21-19(24)25-3/h4-12,17H,13H2,1-3H3,(H,20,23)(H,21,24). The molecule has 0 saturated heterocycles. The Labute approximate surface area is 147 Å². The number of anilines is 2. The van der Waals surface area contributed by atoms with Crippen LogP contribution in [0.4, 0.5) is 16.2 Å². The van der Waals surface area contributed by atoms with Gasteiger partial charge in [-0.1, -0.05) is 30.3 Å². The van der Waals surface area contributed by atoms with Crippen LogP contribution in [0.3, 0.4) is 0 Å². The summed E-state index contributed by atoms with van der Waals surface area (Å²) in [5.41, 5.74) is 2.37. The molecule has 0 aliphatic carbocycles. The molecular formula is C19H23N3O3. The minimum absolute atomic E-state index is 0.0810. The Bertz CT molecular complexity index is 700. The summed E-state index contributed by atoms with van der Waals surface area (Å²) in [7, 11) is 5.07. The van der Waals surface area contributed by atoms with Crippen LogP contribution in [0.1, 0.15) is 5.56 Å². The molecular weight excluding hydrogens is 318 g/mol. The molecule has 6 nitrogen and oxygen atoms in total. The summed E-state index contributed by atoms with van der Waals surface area (Å²) in [4.78, 5) is 25.7. The van der Waals surface area contributed by atoms with Crippen LogP contribution in [0.25, 0.3) is 0 Å². The lowest BCUT2D eigenvalue weighted by Gasteiger charge is -2.23. The number of carbonyl (C=O) groups excluding carboxylic acids is 2. The van der Waals surface area contributed by atoms with Gasteiger partial charge in [-0.25, -0.2) is 4.79 Å². The van der Waals surface area contributed by atoms with E-state index in [9.17, 15) is 9.59 Å². The molecule has 2 rings (SSSR count). The van der Waals surface area contributed by atoms with Crippen molar-refractivity contribution in [3.05, 3.63) is 60.2 Å². The molecule has 0 heterocycles. The second-order valence-corrected chi connectivity index (χ2v) is 5.85. The van der Waals surface area contributed by atoms with Crippen LogP contribution in [-0.2, 0) is 16.0 Å². The maximum absolute atomic E-state index is 12.6. The summed E-state index contributed by atoms with van der Waals surface area (Å²) in [5.74, 6) is -0.0810. The molecule has 2 amide bonds. The molecule has 0 aromatic heterocycles. The van der Waals surface area contributed by atoms with Crippen LogP contribution < -0.4 is 10.6 Å². The third kappa shape index (κ3) is 5.61. The molecule has 0 spiro atoms. The largest absolute Gasteiger partial charge is 0.453 e. The minimum atomic E-state index is -0.535. The van der Waals surface area contributed by atoms with Crippen molar-refractivity contribution in [3.63, 3.8) is 0 Å². The first kappa shape index (κ1) is 18.5. The molecule has 0 aliphatic heterocycles. The lowest BCUT2D eigenvalue weighted by molar-refractivity contribution is -0.120. The number of ether oxygens (including phenoxy) is 1. The second-order valence-electron chi connectivity index (χ2n) is 5.85. The summed E-state index contributed by atoms with van der Waals surface area (Å²) >= 11 is 0. The normalized spacial score (nSPS) is 11.7. The topological polar surface area (TPSA) is 70.7 Å². The van der Waals surface area contributed by atoms with Crippen molar-refractivity contribution in [1.29, 1.82) is 0 Å². The number of nitrogens with zero attached hydrogens (tertiary/aromatic N) is 1. The molecule has 25 heavy (non-hydrogen) atoms. The Kier molecular flexibility index (Phi) is 6.54. The number of amides is 2. The average molecular weight is 341 g/mol. The Morgan fingerprint density at radius 1 is 0.960 bits per heavy atom. The fourth-order valence-corrected chi connectivity index (χ4v) is 2.38. The van der Waals surface area contributed by atoms with Crippen LogP contribution in [0.15, 0.2) is 54.6 Å². The van der Waals surface area contributed by atoms with Crippen LogP contribution in [0.2, 0.25) is 0 Å². The van der Waals surface area contributed by atoms with E-state index in [4.69, 9.17) is 0 Å². The van der Waals surface area contributed by atoms with Crippen molar-refractivity contribution >= 4 is 23.4 Å². The SMILES string of the molecule is COC(=O)Nc1ccc(NC(=O)C(Cc2ccccc2)N(C)C)cc1. The second kappa shape index (κ2) is 8.84.